The van der Waals surface area contributed by atoms with E-state index in [2.05, 4.69) is 10.2 Å². The molecule has 0 unspecified atom stereocenters. The number of nitrogens with one attached hydrogen (secondary N) is 1. The fourth-order valence-corrected chi connectivity index (χ4v) is 4.92. The summed E-state index contributed by atoms with van der Waals surface area (Å²) in [6.07, 6.45) is 2.27. The van der Waals surface area contributed by atoms with Crippen LogP contribution >= 0.6 is 0 Å². The van der Waals surface area contributed by atoms with Crippen LogP contribution in [-0.4, -0.2) is 48.2 Å². The maximum atomic E-state index is 12.2. The third-order valence-electron chi connectivity index (χ3n) is 6.50. The summed E-state index contributed by atoms with van der Waals surface area (Å²) in [7, 11) is 1.66. The number of nitrogens with zero attached hydrogens (tertiary/aromatic N) is 1. The second kappa shape index (κ2) is 9.30. The van der Waals surface area contributed by atoms with Gasteiger partial charge in [-0.05, 0) is 61.6 Å². The number of aryl methyl sites for hydroxylation is 1. The molecule has 1 fully saturated rings. The Labute approximate surface area is 188 Å². The first-order valence-corrected chi connectivity index (χ1v) is 11.1. The van der Waals surface area contributed by atoms with Gasteiger partial charge >= 0.3 is 5.97 Å². The van der Waals surface area contributed by atoms with Gasteiger partial charge in [-0.1, -0.05) is 12.1 Å². The SMILES string of the molecule is CCO[C@H]1CCN(Cc2c(OC)cc(C)c3c2CC(=O)N3)[C@H](c2ccc(C(=O)O)cc2)C1. The molecule has 1 saturated heterocycles. The average Bonchev–Trinajstić information content (AvgIpc) is 3.19. The molecule has 2 aromatic carbocycles. The van der Waals surface area contributed by atoms with Gasteiger partial charge in [0, 0.05) is 37.0 Å². The van der Waals surface area contributed by atoms with Crippen LogP contribution in [0.25, 0.3) is 0 Å². The molecule has 2 aromatic rings. The Morgan fingerprint density at radius 3 is 2.69 bits per heavy atom. The minimum absolute atomic E-state index is 0.00784. The third kappa shape index (κ3) is 4.36. The van der Waals surface area contributed by atoms with Gasteiger partial charge in [0.05, 0.1) is 25.2 Å². The van der Waals surface area contributed by atoms with E-state index in [0.29, 0.717) is 19.6 Å². The number of amides is 1. The Morgan fingerprint density at radius 2 is 2.03 bits per heavy atom. The number of methoxy groups -OCH3 is 1. The van der Waals surface area contributed by atoms with Crippen molar-refractivity contribution >= 4 is 17.6 Å². The standard InChI is InChI=1S/C25H30N2O5/c1-4-32-18-9-10-27(21(12-18)16-5-7-17(8-6-16)25(29)30)14-20-19-13-23(28)26-24(19)15(2)11-22(20)31-3/h5-8,11,18,21H,4,9-10,12-14H2,1-3H3,(H,26,28)(H,29,30)/t18-,21-/m0/s1. The van der Waals surface area contributed by atoms with Crippen molar-refractivity contribution in [3.05, 3.63) is 58.1 Å². The number of carboxylic acid groups (broad SMARTS) is 1. The van der Waals surface area contributed by atoms with Crippen LogP contribution in [0.1, 0.15) is 58.4 Å². The maximum Gasteiger partial charge on any atom is 0.335 e. The maximum absolute atomic E-state index is 12.2. The largest absolute Gasteiger partial charge is 0.496 e. The summed E-state index contributed by atoms with van der Waals surface area (Å²) in [5.74, 6) is -0.125. The van der Waals surface area contributed by atoms with Crippen LogP contribution in [0.3, 0.4) is 0 Å². The predicted molar refractivity (Wildman–Crippen MR) is 121 cm³/mol. The van der Waals surface area contributed by atoms with Crippen molar-refractivity contribution in [1.29, 1.82) is 0 Å². The van der Waals surface area contributed by atoms with Gasteiger partial charge < -0.3 is 19.9 Å². The lowest BCUT2D eigenvalue weighted by Crippen LogP contribution is -2.39. The number of carbonyl (C=O) groups excluding carboxylic acids is 1. The van der Waals surface area contributed by atoms with Crippen LogP contribution in [0, 0.1) is 6.92 Å². The molecule has 32 heavy (non-hydrogen) atoms. The average molecular weight is 439 g/mol. The number of anilines is 1. The number of aromatic carboxylic acids is 1. The van der Waals surface area contributed by atoms with Crippen LogP contribution in [0.15, 0.2) is 30.3 Å². The van der Waals surface area contributed by atoms with E-state index in [1.807, 2.05) is 32.0 Å². The van der Waals surface area contributed by atoms with Crippen molar-refractivity contribution in [1.82, 2.24) is 4.90 Å². The number of carbonyl (C=O) groups is 2. The van der Waals surface area contributed by atoms with Gasteiger partial charge in [0.2, 0.25) is 5.91 Å². The monoisotopic (exact) mass is 438 g/mol. The van der Waals surface area contributed by atoms with E-state index in [0.717, 1.165) is 53.1 Å². The van der Waals surface area contributed by atoms with Crippen molar-refractivity contribution in [2.45, 2.75) is 51.8 Å². The van der Waals surface area contributed by atoms with E-state index in [4.69, 9.17) is 9.47 Å². The molecule has 170 valence electrons. The predicted octanol–water partition coefficient (Wildman–Crippen LogP) is 3.94. The first-order chi connectivity index (χ1) is 15.4. The molecule has 7 heteroatoms. The number of carboxylic acids is 1. The second-order valence-corrected chi connectivity index (χ2v) is 8.47. The van der Waals surface area contributed by atoms with Crippen molar-refractivity contribution in [2.24, 2.45) is 0 Å². The second-order valence-electron chi connectivity index (χ2n) is 8.47. The summed E-state index contributed by atoms with van der Waals surface area (Å²) >= 11 is 0. The van der Waals surface area contributed by atoms with Crippen LogP contribution in [0.5, 0.6) is 5.75 Å². The Bertz CT molecular complexity index is 1020. The number of likely N-dealkylation sites (tertiary alicyclic amines) is 1. The summed E-state index contributed by atoms with van der Waals surface area (Å²) in [5, 5.41) is 12.2. The third-order valence-corrected chi connectivity index (χ3v) is 6.50. The van der Waals surface area contributed by atoms with Gasteiger partial charge in [-0.2, -0.15) is 0 Å². The van der Waals surface area contributed by atoms with Gasteiger partial charge in [0.1, 0.15) is 5.75 Å². The Morgan fingerprint density at radius 1 is 1.28 bits per heavy atom. The van der Waals surface area contributed by atoms with Crippen molar-refractivity contribution in [3.8, 4) is 5.75 Å². The molecule has 0 saturated carbocycles. The highest BCUT2D eigenvalue weighted by Crippen LogP contribution is 2.40. The molecular weight excluding hydrogens is 408 g/mol. The van der Waals surface area contributed by atoms with E-state index in [-0.39, 0.29) is 23.6 Å². The van der Waals surface area contributed by atoms with Gasteiger partial charge in [0.15, 0.2) is 0 Å². The zero-order chi connectivity index (χ0) is 22.8. The number of fused-ring (bicyclic) bond motifs is 1. The van der Waals surface area contributed by atoms with E-state index < -0.39 is 5.97 Å². The lowest BCUT2D eigenvalue weighted by Gasteiger charge is -2.40. The van der Waals surface area contributed by atoms with E-state index in [1.54, 1.807) is 19.2 Å². The van der Waals surface area contributed by atoms with E-state index in [9.17, 15) is 14.7 Å². The van der Waals surface area contributed by atoms with Gasteiger partial charge in [-0.15, -0.1) is 0 Å². The highest BCUT2D eigenvalue weighted by molar-refractivity contribution is 6.01. The Hall–Kier alpha value is -2.90. The molecule has 0 aromatic heterocycles. The topological polar surface area (TPSA) is 88.1 Å². The molecule has 2 aliphatic rings. The molecule has 2 atom stereocenters. The lowest BCUT2D eigenvalue weighted by molar-refractivity contribution is -0.115. The fraction of sp³-hybridized carbons (Fsp3) is 0.440. The Balaban J connectivity index is 1.68. The molecule has 2 N–H and O–H groups in total. The van der Waals surface area contributed by atoms with Crippen molar-refractivity contribution in [2.75, 3.05) is 25.6 Å². The number of rotatable bonds is 7. The van der Waals surface area contributed by atoms with Gasteiger partial charge in [0.25, 0.3) is 0 Å². The quantitative estimate of drug-likeness (QED) is 0.681. The van der Waals surface area contributed by atoms with E-state index >= 15 is 0 Å². The number of hydrogen-bond acceptors (Lipinski definition) is 5. The zero-order valence-corrected chi connectivity index (χ0v) is 18.8. The molecule has 0 bridgehead atoms. The number of ether oxygens (including phenoxy) is 2. The highest BCUT2D eigenvalue weighted by Gasteiger charge is 2.33. The number of hydrogen-bond donors (Lipinski definition) is 2. The summed E-state index contributed by atoms with van der Waals surface area (Å²) in [6.45, 7) is 6.14. The Kier molecular flexibility index (Phi) is 6.48. The van der Waals surface area contributed by atoms with Gasteiger partial charge in [-0.25, -0.2) is 4.79 Å². The molecule has 0 spiro atoms. The molecular formula is C25H30N2O5. The van der Waals surface area contributed by atoms with Crippen LogP contribution in [0.4, 0.5) is 5.69 Å². The minimum Gasteiger partial charge on any atom is -0.496 e. The lowest BCUT2D eigenvalue weighted by atomic mass is 9.91. The number of benzene rings is 2. The summed E-state index contributed by atoms with van der Waals surface area (Å²) in [5.41, 5.74) is 5.29. The molecule has 0 radical (unpaired) electrons. The number of piperidine rings is 1. The van der Waals surface area contributed by atoms with Gasteiger partial charge in [-0.3, -0.25) is 9.69 Å². The van der Waals surface area contributed by atoms with E-state index in [1.165, 1.54) is 0 Å². The van der Waals surface area contributed by atoms with Crippen LogP contribution < -0.4 is 10.1 Å². The first-order valence-electron chi connectivity index (χ1n) is 11.1. The molecule has 0 aliphatic carbocycles. The molecule has 2 aliphatic heterocycles. The minimum atomic E-state index is -0.929. The fourth-order valence-electron chi connectivity index (χ4n) is 4.92. The summed E-state index contributed by atoms with van der Waals surface area (Å²) < 4.78 is 11.7. The summed E-state index contributed by atoms with van der Waals surface area (Å²) in [6, 6.07) is 9.19. The van der Waals surface area contributed by atoms with Crippen LogP contribution in [0.2, 0.25) is 0 Å². The molecule has 7 nitrogen and oxygen atoms in total. The molecule has 1 amide bonds. The first kappa shape index (κ1) is 22.3. The van der Waals surface area contributed by atoms with Crippen molar-refractivity contribution in [3.63, 3.8) is 0 Å². The smallest absolute Gasteiger partial charge is 0.335 e. The van der Waals surface area contributed by atoms with Crippen molar-refractivity contribution < 1.29 is 24.2 Å². The van der Waals surface area contributed by atoms with Crippen LogP contribution in [-0.2, 0) is 22.5 Å². The molecule has 4 rings (SSSR count). The normalized spacial score (nSPS) is 20.7. The summed E-state index contributed by atoms with van der Waals surface area (Å²) in [4.78, 5) is 25.8. The molecule has 2 heterocycles. The zero-order valence-electron chi connectivity index (χ0n) is 18.8. The highest BCUT2D eigenvalue weighted by atomic mass is 16.5.